The van der Waals surface area contributed by atoms with Gasteiger partial charge in [-0.25, -0.2) is 9.78 Å². The molecule has 0 aliphatic carbocycles. The number of aryl methyl sites for hydroxylation is 2. The Hall–Kier alpha value is -2.09. The fraction of sp³-hybridized carbons (Fsp3) is 0.286. The molecule has 1 aromatic heterocycles. The minimum absolute atomic E-state index is 0.220. The van der Waals surface area contributed by atoms with Gasteiger partial charge < -0.3 is 10.6 Å². The van der Waals surface area contributed by atoms with Crippen LogP contribution in [0.4, 0.5) is 23.7 Å². The summed E-state index contributed by atoms with van der Waals surface area (Å²) < 4.78 is 38.5. The number of hydrogen-bond donors (Lipinski definition) is 2. The predicted molar refractivity (Wildman–Crippen MR) is 78.9 cm³/mol. The summed E-state index contributed by atoms with van der Waals surface area (Å²) in [5.74, 6) is 0. The molecule has 22 heavy (non-hydrogen) atoms. The van der Waals surface area contributed by atoms with E-state index in [0.717, 1.165) is 21.6 Å². The number of rotatable bonds is 3. The number of halogens is 3. The van der Waals surface area contributed by atoms with Gasteiger partial charge in [0.2, 0.25) is 0 Å². The Labute approximate surface area is 129 Å². The predicted octanol–water partition coefficient (Wildman–Crippen LogP) is 4.10. The number of urea groups is 1. The lowest BCUT2D eigenvalue weighted by Gasteiger charge is -2.13. The van der Waals surface area contributed by atoms with Gasteiger partial charge in [0, 0.05) is 4.88 Å². The van der Waals surface area contributed by atoms with Gasteiger partial charge in [-0.2, -0.15) is 13.2 Å². The number of thiazole rings is 1. The van der Waals surface area contributed by atoms with Crippen molar-refractivity contribution in [1.82, 2.24) is 10.3 Å². The Morgan fingerprint density at radius 2 is 1.95 bits per heavy atom. The summed E-state index contributed by atoms with van der Waals surface area (Å²) in [5.41, 5.74) is -0.349. The molecule has 118 valence electrons. The van der Waals surface area contributed by atoms with Crippen LogP contribution in [0.2, 0.25) is 0 Å². The van der Waals surface area contributed by atoms with Gasteiger partial charge in [0.1, 0.15) is 0 Å². The van der Waals surface area contributed by atoms with Crippen LogP contribution in [0.3, 0.4) is 0 Å². The third-order valence-corrected chi connectivity index (χ3v) is 3.96. The van der Waals surface area contributed by atoms with Gasteiger partial charge in [-0.15, -0.1) is 11.3 Å². The Morgan fingerprint density at radius 3 is 2.55 bits per heavy atom. The normalized spacial score (nSPS) is 11.3. The molecule has 0 bridgehead atoms. The minimum Gasteiger partial charge on any atom is -0.333 e. The molecule has 0 aliphatic rings. The highest BCUT2D eigenvalue weighted by molar-refractivity contribution is 7.11. The summed E-state index contributed by atoms with van der Waals surface area (Å²) in [7, 11) is 0. The van der Waals surface area contributed by atoms with E-state index in [9.17, 15) is 18.0 Å². The molecule has 0 spiro atoms. The van der Waals surface area contributed by atoms with Gasteiger partial charge in [0.25, 0.3) is 0 Å². The van der Waals surface area contributed by atoms with Crippen LogP contribution >= 0.6 is 11.3 Å². The number of carbonyl (C=O) groups excluding carboxylic acids is 1. The van der Waals surface area contributed by atoms with Gasteiger partial charge in [-0.3, -0.25) is 0 Å². The summed E-state index contributed by atoms with van der Waals surface area (Å²) in [6.45, 7) is 3.88. The maximum absolute atomic E-state index is 12.8. The van der Waals surface area contributed by atoms with Crippen LogP contribution < -0.4 is 10.6 Å². The lowest BCUT2D eigenvalue weighted by atomic mass is 10.1. The zero-order valence-electron chi connectivity index (χ0n) is 11.9. The molecule has 4 nitrogen and oxygen atoms in total. The molecule has 8 heteroatoms. The molecule has 0 saturated carbocycles. The molecule has 2 amide bonds. The number of nitrogens with zero attached hydrogens (tertiary/aromatic N) is 1. The summed E-state index contributed by atoms with van der Waals surface area (Å²) in [6, 6.07) is 4.15. The highest BCUT2D eigenvalue weighted by Gasteiger charge is 2.33. The Kier molecular flexibility index (Phi) is 4.70. The Balaban J connectivity index is 2.02. The van der Waals surface area contributed by atoms with Gasteiger partial charge in [0.15, 0.2) is 0 Å². The van der Waals surface area contributed by atoms with Crippen molar-refractivity contribution in [2.24, 2.45) is 0 Å². The quantitative estimate of drug-likeness (QED) is 0.891. The number of para-hydroxylation sites is 1. The smallest absolute Gasteiger partial charge is 0.333 e. The summed E-state index contributed by atoms with van der Waals surface area (Å²) in [5, 5.41) is 5.63. The number of benzene rings is 1. The number of hydrogen-bond acceptors (Lipinski definition) is 3. The summed E-state index contributed by atoms with van der Waals surface area (Å²) >= 11 is 1.44. The summed E-state index contributed by atoms with van der Waals surface area (Å²) in [4.78, 5) is 16.9. The van der Waals surface area contributed by atoms with E-state index in [1.54, 1.807) is 0 Å². The van der Waals surface area contributed by atoms with Crippen molar-refractivity contribution in [3.05, 3.63) is 45.4 Å². The second kappa shape index (κ2) is 6.35. The monoisotopic (exact) mass is 329 g/mol. The van der Waals surface area contributed by atoms with E-state index in [1.807, 2.05) is 13.8 Å². The molecular formula is C14H14F3N3OS. The number of carbonyl (C=O) groups is 1. The van der Waals surface area contributed by atoms with Crippen molar-refractivity contribution >= 4 is 23.1 Å². The molecule has 0 radical (unpaired) electrons. The van der Waals surface area contributed by atoms with Crippen LogP contribution in [0, 0.1) is 13.8 Å². The fourth-order valence-corrected chi connectivity index (χ4v) is 2.78. The number of alkyl halides is 3. The van der Waals surface area contributed by atoms with Gasteiger partial charge >= 0.3 is 12.2 Å². The highest BCUT2D eigenvalue weighted by Crippen LogP contribution is 2.34. The third kappa shape index (κ3) is 3.97. The minimum atomic E-state index is -4.52. The van der Waals surface area contributed by atoms with E-state index in [2.05, 4.69) is 15.6 Å². The average molecular weight is 329 g/mol. The first-order valence-corrected chi connectivity index (χ1v) is 7.23. The van der Waals surface area contributed by atoms with E-state index in [1.165, 1.54) is 29.5 Å². The van der Waals surface area contributed by atoms with Crippen LogP contribution in [0.15, 0.2) is 24.3 Å². The fourth-order valence-electron chi connectivity index (χ4n) is 1.90. The van der Waals surface area contributed by atoms with E-state index in [4.69, 9.17) is 0 Å². The molecule has 0 aliphatic heterocycles. The second-order valence-corrected chi connectivity index (χ2v) is 5.88. The van der Waals surface area contributed by atoms with Gasteiger partial charge in [0.05, 0.1) is 28.5 Å². The summed E-state index contributed by atoms with van der Waals surface area (Å²) in [6.07, 6.45) is -4.52. The van der Waals surface area contributed by atoms with E-state index in [-0.39, 0.29) is 12.2 Å². The second-order valence-electron chi connectivity index (χ2n) is 4.59. The van der Waals surface area contributed by atoms with Gasteiger partial charge in [-0.1, -0.05) is 12.1 Å². The first-order valence-electron chi connectivity index (χ1n) is 6.41. The largest absolute Gasteiger partial charge is 0.418 e. The lowest BCUT2D eigenvalue weighted by Crippen LogP contribution is -2.29. The molecular weight excluding hydrogens is 315 g/mol. The lowest BCUT2D eigenvalue weighted by molar-refractivity contribution is -0.136. The van der Waals surface area contributed by atoms with Crippen molar-refractivity contribution in [3.63, 3.8) is 0 Å². The molecule has 2 rings (SSSR count). The zero-order chi connectivity index (χ0) is 16.3. The van der Waals surface area contributed by atoms with Crippen molar-refractivity contribution < 1.29 is 18.0 Å². The van der Waals surface area contributed by atoms with Crippen LogP contribution in [0.5, 0.6) is 0 Å². The topological polar surface area (TPSA) is 54.0 Å². The maximum atomic E-state index is 12.8. The Bertz CT molecular complexity index is 682. The van der Waals surface area contributed by atoms with Crippen molar-refractivity contribution in [2.75, 3.05) is 5.32 Å². The zero-order valence-corrected chi connectivity index (χ0v) is 12.7. The first kappa shape index (κ1) is 16.3. The molecule has 0 saturated heterocycles. The van der Waals surface area contributed by atoms with Crippen LogP contribution in [-0.4, -0.2) is 11.0 Å². The first-order chi connectivity index (χ1) is 10.3. The molecule has 1 heterocycles. The van der Waals surface area contributed by atoms with Crippen molar-refractivity contribution in [3.8, 4) is 0 Å². The van der Waals surface area contributed by atoms with Crippen molar-refractivity contribution in [1.29, 1.82) is 0 Å². The van der Waals surface area contributed by atoms with Crippen LogP contribution in [0.25, 0.3) is 0 Å². The molecule has 1 aromatic carbocycles. The number of amides is 2. The Morgan fingerprint density at radius 1 is 1.27 bits per heavy atom. The molecule has 2 N–H and O–H groups in total. The molecule has 0 fully saturated rings. The third-order valence-electron chi connectivity index (χ3n) is 2.89. The van der Waals surface area contributed by atoms with Crippen LogP contribution in [0.1, 0.15) is 21.1 Å². The van der Waals surface area contributed by atoms with Gasteiger partial charge in [-0.05, 0) is 26.0 Å². The highest BCUT2D eigenvalue weighted by atomic mass is 32.1. The van der Waals surface area contributed by atoms with E-state index >= 15 is 0 Å². The number of anilines is 1. The maximum Gasteiger partial charge on any atom is 0.418 e. The molecule has 0 atom stereocenters. The van der Waals surface area contributed by atoms with E-state index < -0.39 is 17.8 Å². The number of aromatic nitrogens is 1. The average Bonchev–Trinajstić information content (AvgIpc) is 2.74. The number of nitrogens with one attached hydrogen (secondary N) is 2. The standard InChI is InChI=1S/C14H14F3N3OS/c1-8-12(22-9(2)19-8)7-18-13(21)20-11-6-4-3-5-10(11)14(15,16)17/h3-6H,7H2,1-2H3,(H2,18,20,21). The SMILES string of the molecule is Cc1nc(C)c(CNC(=O)Nc2ccccc2C(F)(F)F)s1. The molecule has 2 aromatic rings. The van der Waals surface area contributed by atoms with Crippen molar-refractivity contribution in [2.45, 2.75) is 26.6 Å². The van der Waals surface area contributed by atoms with E-state index in [0.29, 0.717) is 0 Å². The van der Waals surface area contributed by atoms with Crippen LogP contribution in [-0.2, 0) is 12.7 Å². The molecule has 0 unspecified atom stereocenters.